The van der Waals surface area contributed by atoms with Crippen molar-refractivity contribution in [1.82, 2.24) is 0 Å². The van der Waals surface area contributed by atoms with Crippen LogP contribution in [0, 0.1) is 23.2 Å². The molecule has 96 valence electrons. The van der Waals surface area contributed by atoms with Gasteiger partial charge in [0.05, 0.1) is 11.6 Å². The van der Waals surface area contributed by atoms with Crippen molar-refractivity contribution < 1.29 is 0 Å². The molecule has 2 saturated carbocycles. The Bertz CT molecular complexity index is 350. The Labute approximate surface area is 111 Å². The highest BCUT2D eigenvalue weighted by atomic mass is 14.3. The molecule has 0 N–H and O–H groups in total. The summed E-state index contributed by atoms with van der Waals surface area (Å²) in [6.07, 6.45) is 12.4. The Morgan fingerprint density at radius 1 is 0.778 bits per heavy atom. The van der Waals surface area contributed by atoms with Gasteiger partial charge in [-0.05, 0) is 24.0 Å². The summed E-state index contributed by atoms with van der Waals surface area (Å²) in [5.74, 6) is 2.31. The molecule has 2 aliphatic carbocycles. The van der Waals surface area contributed by atoms with Gasteiger partial charge in [-0.25, -0.2) is 0 Å². The van der Waals surface area contributed by atoms with Crippen LogP contribution in [0.3, 0.4) is 0 Å². The number of hydrogen-bond donors (Lipinski definition) is 0. The smallest absolute Gasteiger partial charge is 0.0991 e. The first-order valence-electron chi connectivity index (χ1n) is 7.35. The molecule has 0 spiro atoms. The summed E-state index contributed by atoms with van der Waals surface area (Å²) in [6.45, 7) is 0. The van der Waals surface area contributed by atoms with Gasteiger partial charge in [0.2, 0.25) is 0 Å². The van der Waals surface area contributed by atoms with Crippen LogP contribution in [0.2, 0.25) is 0 Å². The highest BCUT2D eigenvalue weighted by Gasteiger charge is 2.26. The molecule has 0 saturated heterocycles. The van der Waals surface area contributed by atoms with Crippen molar-refractivity contribution in [3.8, 4) is 6.07 Å². The number of benzene rings is 1. The monoisotopic (exact) mass is 241 g/mol. The molecule has 2 aliphatic rings. The normalized spacial score (nSPS) is 26.2. The third-order valence-electron chi connectivity index (χ3n) is 4.37. The largest absolute Gasteiger partial charge is 0.192 e. The average molecular weight is 241 g/mol. The summed E-state index contributed by atoms with van der Waals surface area (Å²) in [5, 5.41) is 8.29. The molecule has 0 atom stereocenters. The van der Waals surface area contributed by atoms with E-state index in [4.69, 9.17) is 5.26 Å². The van der Waals surface area contributed by atoms with Gasteiger partial charge in [0, 0.05) is 0 Å². The summed E-state index contributed by atoms with van der Waals surface area (Å²) in [6, 6.07) is 11.2. The van der Waals surface area contributed by atoms with Crippen molar-refractivity contribution in [1.29, 1.82) is 5.26 Å². The molecular formula is C17H23N. The fraction of sp³-hybridized carbons (Fsp3) is 0.588. The average Bonchev–Trinajstić information content (AvgIpc) is 2.49. The number of hydrogen-bond acceptors (Lipinski definition) is 1. The van der Waals surface area contributed by atoms with E-state index in [9.17, 15) is 0 Å². The second kappa shape index (κ2) is 7.21. The van der Waals surface area contributed by atoms with E-state index in [0.717, 1.165) is 11.8 Å². The zero-order valence-corrected chi connectivity index (χ0v) is 11.1. The predicted molar refractivity (Wildman–Crippen MR) is 75.1 cm³/mol. The number of fused-ring (bicyclic) bond motifs is 1. The van der Waals surface area contributed by atoms with Crippen molar-refractivity contribution in [3.05, 3.63) is 35.9 Å². The maximum Gasteiger partial charge on any atom is 0.0991 e. The lowest BCUT2D eigenvalue weighted by atomic mass is 9.71. The van der Waals surface area contributed by atoms with Gasteiger partial charge in [-0.1, -0.05) is 69.6 Å². The molecule has 1 heteroatoms. The third-order valence-corrected chi connectivity index (χ3v) is 4.37. The van der Waals surface area contributed by atoms with Gasteiger partial charge in [-0.15, -0.1) is 0 Å². The van der Waals surface area contributed by atoms with Crippen LogP contribution in [0.4, 0.5) is 0 Å². The Balaban J connectivity index is 0.000000138. The SMILES string of the molecule is C1CCC2CCCCC2C1.N#Cc1ccccc1. The van der Waals surface area contributed by atoms with Gasteiger partial charge < -0.3 is 0 Å². The Morgan fingerprint density at radius 3 is 1.56 bits per heavy atom. The zero-order chi connectivity index (χ0) is 12.6. The molecule has 3 rings (SSSR count). The van der Waals surface area contributed by atoms with Gasteiger partial charge in [-0.3, -0.25) is 0 Å². The van der Waals surface area contributed by atoms with Crippen molar-refractivity contribution in [2.24, 2.45) is 11.8 Å². The van der Waals surface area contributed by atoms with Crippen LogP contribution in [-0.4, -0.2) is 0 Å². The van der Waals surface area contributed by atoms with E-state index < -0.39 is 0 Å². The number of rotatable bonds is 0. The lowest BCUT2D eigenvalue weighted by Crippen LogP contribution is -2.22. The minimum atomic E-state index is 0.715. The van der Waals surface area contributed by atoms with Crippen molar-refractivity contribution in [2.75, 3.05) is 0 Å². The lowest BCUT2D eigenvalue weighted by molar-refractivity contribution is 0.171. The van der Waals surface area contributed by atoms with E-state index in [1.807, 2.05) is 24.3 Å². The minimum Gasteiger partial charge on any atom is -0.192 e. The van der Waals surface area contributed by atoms with Crippen LogP contribution in [0.15, 0.2) is 30.3 Å². The van der Waals surface area contributed by atoms with Gasteiger partial charge in [-0.2, -0.15) is 5.26 Å². The molecule has 0 bridgehead atoms. The molecule has 0 amide bonds. The van der Waals surface area contributed by atoms with E-state index in [-0.39, 0.29) is 0 Å². The van der Waals surface area contributed by atoms with E-state index in [0.29, 0.717) is 5.56 Å². The summed E-state index contributed by atoms with van der Waals surface area (Å²) < 4.78 is 0. The van der Waals surface area contributed by atoms with Crippen LogP contribution >= 0.6 is 0 Å². The molecule has 0 aliphatic heterocycles. The zero-order valence-electron chi connectivity index (χ0n) is 11.1. The summed E-state index contributed by atoms with van der Waals surface area (Å²) in [5.41, 5.74) is 0.715. The standard InChI is InChI=1S/C10H18.C7H5N/c1-2-6-10-8-4-3-7-9(10)5-1;8-6-7-4-2-1-3-5-7/h9-10H,1-8H2;1-5H. The maximum atomic E-state index is 8.29. The fourth-order valence-electron chi connectivity index (χ4n) is 3.37. The van der Waals surface area contributed by atoms with Gasteiger partial charge in [0.1, 0.15) is 0 Å². The molecule has 0 aromatic heterocycles. The first-order chi connectivity index (χ1) is 8.90. The molecule has 1 nitrogen and oxygen atoms in total. The highest BCUT2D eigenvalue weighted by Crippen LogP contribution is 2.39. The van der Waals surface area contributed by atoms with Crippen LogP contribution in [0.5, 0.6) is 0 Å². The van der Waals surface area contributed by atoms with Crippen molar-refractivity contribution in [3.63, 3.8) is 0 Å². The molecule has 2 fully saturated rings. The molecule has 0 unspecified atom stereocenters. The number of nitrogens with zero attached hydrogens (tertiary/aromatic N) is 1. The molecule has 0 radical (unpaired) electrons. The second-order valence-electron chi connectivity index (χ2n) is 5.57. The second-order valence-corrected chi connectivity index (χ2v) is 5.57. The van der Waals surface area contributed by atoms with Gasteiger partial charge in [0.25, 0.3) is 0 Å². The summed E-state index contributed by atoms with van der Waals surface area (Å²) >= 11 is 0. The molecule has 1 aromatic rings. The predicted octanol–water partition coefficient (Wildman–Crippen LogP) is 4.93. The van der Waals surface area contributed by atoms with E-state index in [1.165, 1.54) is 25.7 Å². The Morgan fingerprint density at radius 2 is 1.22 bits per heavy atom. The van der Waals surface area contributed by atoms with E-state index >= 15 is 0 Å². The summed E-state index contributed by atoms with van der Waals surface area (Å²) in [7, 11) is 0. The first-order valence-corrected chi connectivity index (χ1v) is 7.35. The third kappa shape index (κ3) is 3.88. The highest BCUT2D eigenvalue weighted by molar-refractivity contribution is 5.27. The fourth-order valence-corrected chi connectivity index (χ4v) is 3.37. The molecule has 18 heavy (non-hydrogen) atoms. The lowest BCUT2D eigenvalue weighted by Gasteiger charge is -2.35. The first kappa shape index (κ1) is 13.1. The quantitative estimate of drug-likeness (QED) is 0.632. The van der Waals surface area contributed by atoms with Crippen LogP contribution < -0.4 is 0 Å². The van der Waals surface area contributed by atoms with E-state index in [1.54, 1.807) is 37.8 Å². The maximum absolute atomic E-state index is 8.29. The topological polar surface area (TPSA) is 23.8 Å². The van der Waals surface area contributed by atoms with E-state index in [2.05, 4.69) is 0 Å². The number of nitriles is 1. The van der Waals surface area contributed by atoms with Crippen LogP contribution in [0.25, 0.3) is 0 Å². The van der Waals surface area contributed by atoms with Crippen molar-refractivity contribution in [2.45, 2.75) is 51.4 Å². The summed E-state index contributed by atoms with van der Waals surface area (Å²) in [4.78, 5) is 0. The van der Waals surface area contributed by atoms with Crippen LogP contribution in [0.1, 0.15) is 56.9 Å². The molecule has 1 aromatic carbocycles. The Hall–Kier alpha value is -1.29. The van der Waals surface area contributed by atoms with Crippen LogP contribution in [-0.2, 0) is 0 Å². The van der Waals surface area contributed by atoms with Gasteiger partial charge >= 0.3 is 0 Å². The molecular weight excluding hydrogens is 218 g/mol. The minimum absolute atomic E-state index is 0.715. The van der Waals surface area contributed by atoms with Crippen molar-refractivity contribution >= 4 is 0 Å². The Kier molecular flexibility index (Phi) is 5.27. The van der Waals surface area contributed by atoms with Gasteiger partial charge in [0.15, 0.2) is 0 Å². The molecule has 0 heterocycles.